The van der Waals surface area contributed by atoms with E-state index in [0.29, 0.717) is 6.54 Å². The van der Waals surface area contributed by atoms with Crippen molar-refractivity contribution in [3.63, 3.8) is 0 Å². The van der Waals surface area contributed by atoms with E-state index in [1.54, 1.807) is 0 Å². The van der Waals surface area contributed by atoms with Gasteiger partial charge in [0.15, 0.2) is 0 Å². The van der Waals surface area contributed by atoms with E-state index in [1.807, 2.05) is 0 Å². The number of hydrogen-bond donors (Lipinski definition) is 1. The number of pyridine rings is 1. The van der Waals surface area contributed by atoms with Crippen molar-refractivity contribution in [2.45, 2.75) is 33.7 Å². The molecule has 0 unspecified atom stereocenters. The lowest BCUT2D eigenvalue weighted by molar-refractivity contribution is 0.300. The first-order chi connectivity index (χ1) is 9.65. The average molecular weight is 282 g/mol. The highest BCUT2D eigenvalue weighted by atomic mass is 19.1. The first kappa shape index (κ1) is 16.9. The minimum atomic E-state index is -0.326. The summed E-state index contributed by atoms with van der Waals surface area (Å²) < 4.78 is 13.2. The van der Waals surface area contributed by atoms with Crippen LogP contribution in [0, 0.1) is 5.82 Å². The first-order valence-corrected chi connectivity index (χ1v) is 7.47. The summed E-state index contributed by atoms with van der Waals surface area (Å²) in [5.41, 5.74) is 6.46. The molecular formula is C15H27FN4. The van der Waals surface area contributed by atoms with E-state index in [0.717, 1.165) is 50.5 Å². The maximum atomic E-state index is 13.2. The SMILES string of the molecule is CCN(CC)CCCN(CC)c1ncc(F)cc1CN. The van der Waals surface area contributed by atoms with E-state index < -0.39 is 0 Å². The Morgan fingerprint density at radius 3 is 2.40 bits per heavy atom. The smallest absolute Gasteiger partial charge is 0.141 e. The van der Waals surface area contributed by atoms with Crippen LogP contribution in [0.2, 0.25) is 0 Å². The van der Waals surface area contributed by atoms with Gasteiger partial charge in [0.2, 0.25) is 0 Å². The fraction of sp³-hybridized carbons (Fsp3) is 0.667. The molecule has 5 heteroatoms. The number of nitrogens with two attached hydrogens (primary N) is 1. The zero-order valence-corrected chi connectivity index (χ0v) is 12.9. The van der Waals surface area contributed by atoms with Gasteiger partial charge in [-0.3, -0.25) is 0 Å². The summed E-state index contributed by atoms with van der Waals surface area (Å²) in [4.78, 5) is 8.79. The van der Waals surface area contributed by atoms with Crippen LogP contribution < -0.4 is 10.6 Å². The Morgan fingerprint density at radius 2 is 1.85 bits per heavy atom. The Morgan fingerprint density at radius 1 is 1.15 bits per heavy atom. The van der Waals surface area contributed by atoms with Gasteiger partial charge < -0.3 is 15.5 Å². The molecule has 0 spiro atoms. The van der Waals surface area contributed by atoms with E-state index >= 15 is 0 Å². The van der Waals surface area contributed by atoms with Crippen molar-refractivity contribution < 1.29 is 4.39 Å². The Kier molecular flexibility index (Phi) is 7.47. The van der Waals surface area contributed by atoms with Gasteiger partial charge in [-0.05, 0) is 39.0 Å². The van der Waals surface area contributed by atoms with Crippen molar-refractivity contribution in [1.29, 1.82) is 0 Å². The van der Waals surface area contributed by atoms with Crippen LogP contribution in [0.3, 0.4) is 0 Å². The normalized spacial score (nSPS) is 11.1. The molecule has 0 aromatic carbocycles. The van der Waals surface area contributed by atoms with Gasteiger partial charge in [-0.15, -0.1) is 0 Å². The van der Waals surface area contributed by atoms with Gasteiger partial charge >= 0.3 is 0 Å². The van der Waals surface area contributed by atoms with Crippen LogP contribution in [0.25, 0.3) is 0 Å². The zero-order chi connectivity index (χ0) is 15.0. The van der Waals surface area contributed by atoms with E-state index in [-0.39, 0.29) is 5.82 Å². The number of nitrogens with zero attached hydrogens (tertiary/aromatic N) is 3. The van der Waals surface area contributed by atoms with Crippen LogP contribution in [0.4, 0.5) is 10.2 Å². The van der Waals surface area contributed by atoms with Crippen molar-refractivity contribution in [2.75, 3.05) is 37.6 Å². The molecule has 0 aliphatic rings. The maximum absolute atomic E-state index is 13.2. The molecule has 0 aliphatic heterocycles. The minimum absolute atomic E-state index is 0.312. The summed E-state index contributed by atoms with van der Waals surface area (Å²) in [7, 11) is 0. The molecule has 0 radical (unpaired) electrons. The molecule has 4 nitrogen and oxygen atoms in total. The van der Waals surface area contributed by atoms with Crippen LogP contribution >= 0.6 is 0 Å². The molecular weight excluding hydrogens is 255 g/mol. The average Bonchev–Trinajstić information content (AvgIpc) is 2.48. The van der Waals surface area contributed by atoms with E-state index in [4.69, 9.17) is 5.73 Å². The summed E-state index contributed by atoms with van der Waals surface area (Å²) in [6.07, 6.45) is 2.33. The molecule has 1 aromatic rings. The number of anilines is 1. The molecule has 0 bridgehead atoms. The monoisotopic (exact) mass is 282 g/mol. The van der Waals surface area contributed by atoms with Gasteiger partial charge in [-0.2, -0.15) is 0 Å². The predicted molar refractivity (Wildman–Crippen MR) is 82.4 cm³/mol. The number of aromatic nitrogens is 1. The largest absolute Gasteiger partial charge is 0.357 e. The fourth-order valence-corrected chi connectivity index (χ4v) is 2.35. The van der Waals surface area contributed by atoms with Crippen LogP contribution in [0.5, 0.6) is 0 Å². The topological polar surface area (TPSA) is 45.4 Å². The highest BCUT2D eigenvalue weighted by Gasteiger charge is 2.12. The second-order valence-electron chi connectivity index (χ2n) is 4.80. The fourth-order valence-electron chi connectivity index (χ4n) is 2.35. The lowest BCUT2D eigenvalue weighted by atomic mass is 10.2. The van der Waals surface area contributed by atoms with Gasteiger partial charge in [0, 0.05) is 25.2 Å². The van der Waals surface area contributed by atoms with E-state index in [9.17, 15) is 4.39 Å². The van der Waals surface area contributed by atoms with Crippen molar-refractivity contribution >= 4 is 5.82 Å². The lowest BCUT2D eigenvalue weighted by Crippen LogP contribution is -2.31. The molecule has 20 heavy (non-hydrogen) atoms. The molecule has 114 valence electrons. The van der Waals surface area contributed by atoms with Crippen molar-refractivity contribution in [1.82, 2.24) is 9.88 Å². The molecule has 2 N–H and O–H groups in total. The summed E-state index contributed by atoms with van der Waals surface area (Å²) in [5.74, 6) is 0.490. The quantitative estimate of drug-likeness (QED) is 0.754. The van der Waals surface area contributed by atoms with Crippen molar-refractivity contribution in [2.24, 2.45) is 5.73 Å². The van der Waals surface area contributed by atoms with Crippen LogP contribution in [0.15, 0.2) is 12.3 Å². The van der Waals surface area contributed by atoms with Gasteiger partial charge in [0.25, 0.3) is 0 Å². The minimum Gasteiger partial charge on any atom is -0.357 e. The summed E-state index contributed by atoms with van der Waals surface area (Å²) in [6, 6.07) is 1.48. The predicted octanol–water partition coefficient (Wildman–Crippen LogP) is 2.24. The molecule has 0 saturated heterocycles. The Hall–Kier alpha value is -1.20. The van der Waals surface area contributed by atoms with Crippen molar-refractivity contribution in [3.8, 4) is 0 Å². The summed E-state index contributed by atoms with van der Waals surface area (Å²) in [6.45, 7) is 11.7. The third-order valence-corrected chi connectivity index (χ3v) is 3.61. The third-order valence-electron chi connectivity index (χ3n) is 3.61. The summed E-state index contributed by atoms with van der Waals surface area (Å²) >= 11 is 0. The maximum Gasteiger partial charge on any atom is 0.141 e. The van der Waals surface area contributed by atoms with Gasteiger partial charge in [0.1, 0.15) is 11.6 Å². The number of halogens is 1. The number of hydrogen-bond acceptors (Lipinski definition) is 4. The van der Waals surface area contributed by atoms with Gasteiger partial charge in [0.05, 0.1) is 6.20 Å². The Balaban J connectivity index is 2.66. The summed E-state index contributed by atoms with van der Waals surface area (Å²) in [5, 5.41) is 0. The Labute approximate surface area is 121 Å². The molecule has 0 amide bonds. The molecule has 1 rings (SSSR count). The molecule has 0 aliphatic carbocycles. The highest BCUT2D eigenvalue weighted by molar-refractivity contribution is 5.46. The molecule has 1 heterocycles. The number of rotatable bonds is 9. The Bertz CT molecular complexity index is 393. The van der Waals surface area contributed by atoms with Crippen LogP contribution in [0.1, 0.15) is 32.8 Å². The second-order valence-corrected chi connectivity index (χ2v) is 4.80. The standard InChI is InChI=1S/C15H27FN4/c1-4-19(5-2)8-7-9-20(6-3)15-13(11-17)10-14(16)12-18-15/h10,12H,4-9,11,17H2,1-3H3. The highest BCUT2D eigenvalue weighted by Crippen LogP contribution is 2.18. The van der Waals surface area contributed by atoms with Gasteiger partial charge in [-0.1, -0.05) is 13.8 Å². The molecule has 0 atom stereocenters. The zero-order valence-electron chi connectivity index (χ0n) is 12.9. The van der Waals surface area contributed by atoms with Crippen LogP contribution in [-0.4, -0.2) is 42.6 Å². The molecule has 0 saturated carbocycles. The molecule has 1 aromatic heterocycles. The second kappa shape index (κ2) is 8.87. The first-order valence-electron chi connectivity index (χ1n) is 7.47. The molecule has 0 fully saturated rings. The van der Waals surface area contributed by atoms with Gasteiger partial charge in [-0.25, -0.2) is 9.37 Å². The van der Waals surface area contributed by atoms with Crippen LogP contribution in [-0.2, 0) is 6.54 Å². The lowest BCUT2D eigenvalue weighted by Gasteiger charge is -2.26. The van der Waals surface area contributed by atoms with Crippen molar-refractivity contribution in [3.05, 3.63) is 23.6 Å². The third kappa shape index (κ3) is 4.72. The van der Waals surface area contributed by atoms with E-state index in [2.05, 4.69) is 35.6 Å². The van der Waals surface area contributed by atoms with E-state index in [1.165, 1.54) is 12.3 Å².